The number of halogens is 1. The largest absolute Gasteiger partial charge is 0.497 e. The molecular formula is C36H48FN5O7S. The molecule has 2 saturated carbocycles. The maximum atomic E-state index is 14.2. The van der Waals surface area contributed by atoms with Crippen molar-refractivity contribution in [1.82, 2.24) is 19.9 Å². The highest BCUT2D eigenvalue weighted by molar-refractivity contribution is 7.91. The second kappa shape index (κ2) is 13.6. The molecule has 0 bridgehead atoms. The van der Waals surface area contributed by atoms with Gasteiger partial charge in [-0.2, -0.15) is 4.98 Å². The van der Waals surface area contributed by atoms with Crippen molar-refractivity contribution in [3.63, 3.8) is 0 Å². The smallest absolute Gasteiger partial charge is 0.259 e. The summed E-state index contributed by atoms with van der Waals surface area (Å²) in [7, 11) is 1.02. The second-order valence-electron chi connectivity index (χ2n) is 15.0. The van der Waals surface area contributed by atoms with Gasteiger partial charge in [-0.1, -0.05) is 26.0 Å². The summed E-state index contributed by atoms with van der Waals surface area (Å²) in [6.07, 6.45) is 6.50. The summed E-state index contributed by atoms with van der Waals surface area (Å²) in [6.45, 7) is 3.22. The molecule has 6 atom stereocenters. The fourth-order valence-electron chi connectivity index (χ4n) is 7.37. The van der Waals surface area contributed by atoms with Crippen LogP contribution in [0.3, 0.4) is 0 Å². The minimum atomic E-state index is -4.31. The molecule has 3 fully saturated rings. The molecule has 12 nitrogen and oxygen atoms in total. The average molecular weight is 714 g/mol. The van der Waals surface area contributed by atoms with Crippen LogP contribution in [0, 0.1) is 17.8 Å². The molecule has 0 unspecified atom stereocenters. The zero-order chi connectivity index (χ0) is 36.0. The molecule has 2 aliphatic heterocycles. The molecule has 0 spiro atoms. The Bertz CT molecular complexity index is 1800. The van der Waals surface area contributed by atoms with Crippen molar-refractivity contribution in [3.8, 4) is 11.6 Å². The fraction of sp³-hybridized carbons (Fsp3) is 0.611. The van der Waals surface area contributed by atoms with Crippen LogP contribution in [-0.4, -0.2) is 92.9 Å². The van der Waals surface area contributed by atoms with E-state index in [-0.39, 0.29) is 50.5 Å². The number of aromatic nitrogens is 1. The molecule has 4 aliphatic rings. The molecule has 2 aromatic rings. The number of ether oxygens (including phenoxy) is 2. The second-order valence-corrected chi connectivity index (χ2v) is 17.1. The van der Waals surface area contributed by atoms with Gasteiger partial charge in [0.05, 0.1) is 13.7 Å². The van der Waals surface area contributed by atoms with Crippen LogP contribution in [0.1, 0.15) is 65.2 Å². The predicted octanol–water partition coefficient (Wildman–Crippen LogP) is 3.88. The first-order valence-electron chi connectivity index (χ1n) is 17.4. The van der Waals surface area contributed by atoms with E-state index in [1.165, 1.54) is 4.90 Å². The van der Waals surface area contributed by atoms with Crippen LogP contribution in [0.5, 0.6) is 11.6 Å². The Balaban J connectivity index is 1.30. The number of methoxy groups -OCH3 is 1. The van der Waals surface area contributed by atoms with Gasteiger partial charge in [-0.15, -0.1) is 0 Å². The van der Waals surface area contributed by atoms with Gasteiger partial charge < -0.3 is 24.6 Å². The number of rotatable bonds is 8. The van der Waals surface area contributed by atoms with E-state index in [0.29, 0.717) is 23.4 Å². The third-order valence-electron chi connectivity index (χ3n) is 10.7. The molecule has 14 heteroatoms. The average Bonchev–Trinajstić information content (AvgIpc) is 3.97. The minimum Gasteiger partial charge on any atom is -0.497 e. The van der Waals surface area contributed by atoms with Crippen LogP contribution in [0.4, 0.5) is 10.2 Å². The molecule has 1 aromatic carbocycles. The summed E-state index contributed by atoms with van der Waals surface area (Å²) in [4.78, 5) is 50.0. The maximum Gasteiger partial charge on any atom is 0.259 e. The highest BCUT2D eigenvalue weighted by Gasteiger charge is 2.64. The van der Waals surface area contributed by atoms with E-state index in [9.17, 15) is 27.2 Å². The van der Waals surface area contributed by atoms with Gasteiger partial charge in [0.1, 0.15) is 40.7 Å². The van der Waals surface area contributed by atoms with Crippen molar-refractivity contribution < 1.29 is 36.7 Å². The molecular weight excluding hydrogens is 665 g/mol. The zero-order valence-electron chi connectivity index (χ0n) is 29.4. The zero-order valence-corrected chi connectivity index (χ0v) is 30.2. The van der Waals surface area contributed by atoms with Gasteiger partial charge in [-0.05, 0) is 80.0 Å². The van der Waals surface area contributed by atoms with Crippen molar-refractivity contribution in [2.24, 2.45) is 17.8 Å². The third-order valence-corrected chi connectivity index (χ3v) is 12.9. The SMILES string of the molecule is COc1ccc2c(O[C@@H]3C[C@H]4C(=O)N[C@]5(C(=O)NS(=O)(=O)C6(CF)CC6)C[C@H]5/C=C\CC[C@H](C)C[C@@H](C)CC(=O)N4C3)nc(N(C)C)cc2c1. The van der Waals surface area contributed by atoms with Gasteiger partial charge in [-0.25, -0.2) is 12.8 Å². The van der Waals surface area contributed by atoms with Gasteiger partial charge in [0.25, 0.3) is 5.91 Å². The van der Waals surface area contributed by atoms with E-state index in [0.717, 1.165) is 30.0 Å². The van der Waals surface area contributed by atoms with Gasteiger partial charge in [0.2, 0.25) is 27.7 Å². The normalized spacial score (nSPS) is 30.2. The molecule has 3 amide bonds. The first kappa shape index (κ1) is 35.9. The van der Waals surface area contributed by atoms with E-state index in [4.69, 9.17) is 14.5 Å². The Morgan fingerprint density at radius 2 is 1.92 bits per heavy atom. The molecule has 3 heterocycles. The molecule has 272 valence electrons. The number of fused-ring (bicyclic) bond motifs is 3. The van der Waals surface area contributed by atoms with Crippen LogP contribution < -0.4 is 24.4 Å². The maximum absolute atomic E-state index is 14.2. The van der Waals surface area contributed by atoms with E-state index in [2.05, 4.69) is 17.0 Å². The van der Waals surface area contributed by atoms with Gasteiger partial charge >= 0.3 is 0 Å². The topological polar surface area (TPSA) is 147 Å². The Morgan fingerprint density at radius 1 is 1.16 bits per heavy atom. The van der Waals surface area contributed by atoms with Crippen molar-refractivity contribution in [1.29, 1.82) is 0 Å². The number of hydrogen-bond donors (Lipinski definition) is 2. The lowest BCUT2D eigenvalue weighted by Gasteiger charge is -2.28. The van der Waals surface area contributed by atoms with Crippen LogP contribution in [0.25, 0.3) is 10.8 Å². The number of allylic oxidation sites excluding steroid dienone is 1. The molecule has 0 radical (unpaired) electrons. The lowest BCUT2D eigenvalue weighted by molar-refractivity contribution is -0.140. The van der Waals surface area contributed by atoms with E-state index in [1.807, 2.05) is 62.3 Å². The molecule has 2 N–H and O–H groups in total. The number of carbonyl (C=O) groups excluding carboxylic acids is 3. The van der Waals surface area contributed by atoms with Crippen LogP contribution >= 0.6 is 0 Å². The molecule has 2 aliphatic carbocycles. The summed E-state index contributed by atoms with van der Waals surface area (Å²) >= 11 is 0. The molecule has 50 heavy (non-hydrogen) atoms. The number of amides is 3. The number of nitrogens with zero attached hydrogens (tertiary/aromatic N) is 3. The van der Waals surface area contributed by atoms with Crippen LogP contribution in [-0.2, 0) is 24.4 Å². The summed E-state index contributed by atoms with van der Waals surface area (Å²) in [6, 6.07) is 6.51. The van der Waals surface area contributed by atoms with Crippen LogP contribution in [0.2, 0.25) is 0 Å². The number of pyridine rings is 1. The first-order valence-corrected chi connectivity index (χ1v) is 18.9. The van der Waals surface area contributed by atoms with Crippen molar-refractivity contribution in [2.45, 2.75) is 87.6 Å². The Kier molecular flexibility index (Phi) is 9.79. The highest BCUT2D eigenvalue weighted by atomic mass is 32.2. The standard InChI is InChI=1S/C36H48FN5O7S/c1-22-8-6-7-9-25-19-36(25,34(45)40-50(46,47)35(21-37)12-13-35)39-32(44)29-18-27(20-42(29)31(43)15-23(2)14-22)49-33-28-11-10-26(48-5)16-24(28)17-30(38-33)41(3)4/h7,9-11,16-17,22-23,25,27,29H,6,8,12-15,18-21H2,1-5H3,(H,39,44)(H,40,45)/b9-7-/t22-,23+,25+,27+,29-,36+/m0/s1. The summed E-state index contributed by atoms with van der Waals surface area (Å²) in [5.41, 5.74) is -1.54. The molecule has 6 rings (SSSR count). The lowest BCUT2D eigenvalue weighted by Crippen LogP contribution is -2.57. The minimum absolute atomic E-state index is 0.0774. The monoisotopic (exact) mass is 713 g/mol. The summed E-state index contributed by atoms with van der Waals surface area (Å²) in [5, 5.41) is 4.45. The highest BCUT2D eigenvalue weighted by Crippen LogP contribution is 2.48. The number of benzene rings is 1. The third kappa shape index (κ3) is 7.00. The molecule has 1 saturated heterocycles. The van der Waals surface area contributed by atoms with Gasteiger partial charge in [0, 0.05) is 38.2 Å². The van der Waals surface area contributed by atoms with E-state index < -0.39 is 56.9 Å². The summed E-state index contributed by atoms with van der Waals surface area (Å²) < 4.78 is 52.3. The lowest BCUT2D eigenvalue weighted by atomic mass is 9.91. The van der Waals surface area contributed by atoms with Crippen molar-refractivity contribution in [3.05, 3.63) is 36.4 Å². The van der Waals surface area contributed by atoms with Gasteiger partial charge in [-0.3, -0.25) is 19.1 Å². The Morgan fingerprint density at radius 3 is 2.60 bits per heavy atom. The number of sulfonamides is 1. The Hall–Kier alpha value is -3.94. The van der Waals surface area contributed by atoms with E-state index in [1.54, 1.807) is 7.11 Å². The number of anilines is 1. The predicted molar refractivity (Wildman–Crippen MR) is 187 cm³/mol. The number of alkyl halides is 1. The van der Waals surface area contributed by atoms with Crippen LogP contribution in [0.15, 0.2) is 36.4 Å². The van der Waals surface area contributed by atoms with E-state index >= 15 is 0 Å². The number of hydrogen-bond acceptors (Lipinski definition) is 9. The quantitative estimate of drug-likeness (QED) is 0.389. The molecule has 1 aromatic heterocycles. The van der Waals surface area contributed by atoms with Crippen molar-refractivity contribution in [2.75, 3.05) is 39.3 Å². The summed E-state index contributed by atoms with van der Waals surface area (Å²) in [5.74, 6) is -0.00862. The first-order chi connectivity index (χ1) is 23.7. The fourth-order valence-corrected chi connectivity index (χ4v) is 8.79. The van der Waals surface area contributed by atoms with Crippen molar-refractivity contribution >= 4 is 44.3 Å². The number of carbonyl (C=O) groups is 3. The van der Waals surface area contributed by atoms with Gasteiger partial charge in [0.15, 0.2) is 0 Å². The Labute approximate surface area is 293 Å². The number of nitrogens with one attached hydrogen (secondary N) is 2.